The van der Waals surface area contributed by atoms with Crippen molar-refractivity contribution in [1.82, 2.24) is 0 Å². The van der Waals surface area contributed by atoms with Crippen molar-refractivity contribution in [2.45, 2.75) is 52.1 Å². The number of aliphatic hydroxyl groups is 1. The molecule has 1 N–H and O–H groups in total. The zero-order valence-electron chi connectivity index (χ0n) is 8.21. The van der Waals surface area contributed by atoms with E-state index in [0.717, 1.165) is 25.7 Å². The molecule has 0 aromatic rings. The topological polar surface area (TPSA) is 20.2 Å². The fourth-order valence-corrected chi connectivity index (χ4v) is 1.56. The summed E-state index contributed by atoms with van der Waals surface area (Å²) in [7, 11) is 0. The maximum atomic E-state index is 9.63. The summed E-state index contributed by atoms with van der Waals surface area (Å²) < 4.78 is 0. The van der Waals surface area contributed by atoms with Gasteiger partial charge in [0.15, 0.2) is 0 Å². The lowest BCUT2D eigenvalue weighted by atomic mass is 9.91. The molecule has 0 rings (SSSR count). The molecule has 0 aliphatic heterocycles. The highest BCUT2D eigenvalue weighted by Crippen LogP contribution is 2.19. The summed E-state index contributed by atoms with van der Waals surface area (Å²) in [6.45, 7) is 4.29. The molecule has 0 amide bonds. The van der Waals surface area contributed by atoms with Crippen molar-refractivity contribution in [2.24, 2.45) is 5.92 Å². The van der Waals surface area contributed by atoms with Gasteiger partial charge in [-0.05, 0) is 18.8 Å². The summed E-state index contributed by atoms with van der Waals surface area (Å²) in [4.78, 5) is 0. The van der Waals surface area contributed by atoms with Crippen LogP contribution in [0.5, 0.6) is 0 Å². The van der Waals surface area contributed by atoms with Gasteiger partial charge in [-0.15, -0.1) is 12.3 Å². The van der Waals surface area contributed by atoms with Crippen molar-refractivity contribution in [3.63, 3.8) is 0 Å². The number of hydrogen-bond acceptors (Lipinski definition) is 1. The monoisotopic (exact) mass is 168 g/mol. The molecular formula is C11H20O. The summed E-state index contributed by atoms with van der Waals surface area (Å²) >= 11 is 0. The maximum absolute atomic E-state index is 9.63. The van der Waals surface area contributed by atoms with E-state index in [9.17, 15) is 5.11 Å². The Hall–Kier alpha value is -0.480. The molecule has 0 saturated carbocycles. The van der Waals surface area contributed by atoms with Gasteiger partial charge in [0.25, 0.3) is 0 Å². The molecule has 0 unspecified atom stereocenters. The first kappa shape index (κ1) is 11.5. The molecule has 1 nitrogen and oxygen atoms in total. The van der Waals surface area contributed by atoms with Crippen LogP contribution in [-0.4, -0.2) is 11.2 Å². The minimum Gasteiger partial charge on any atom is -0.392 e. The molecule has 0 aromatic heterocycles. The highest BCUT2D eigenvalue weighted by atomic mass is 16.3. The SMILES string of the molecule is C#CC[C@H](O)C(CCC)CCC. The van der Waals surface area contributed by atoms with Gasteiger partial charge in [-0.3, -0.25) is 0 Å². The molecule has 0 spiro atoms. The first-order chi connectivity index (χ1) is 5.76. The van der Waals surface area contributed by atoms with Crippen molar-refractivity contribution < 1.29 is 5.11 Å². The molecule has 0 heterocycles. The lowest BCUT2D eigenvalue weighted by molar-refractivity contribution is 0.101. The van der Waals surface area contributed by atoms with Crippen LogP contribution in [0.15, 0.2) is 0 Å². The van der Waals surface area contributed by atoms with Crippen LogP contribution in [0.3, 0.4) is 0 Å². The Kier molecular flexibility index (Phi) is 6.90. The van der Waals surface area contributed by atoms with Gasteiger partial charge in [-0.25, -0.2) is 0 Å². The Morgan fingerprint density at radius 1 is 1.25 bits per heavy atom. The van der Waals surface area contributed by atoms with E-state index in [1.54, 1.807) is 0 Å². The molecule has 0 radical (unpaired) electrons. The zero-order chi connectivity index (χ0) is 9.40. The summed E-state index contributed by atoms with van der Waals surface area (Å²) in [5, 5.41) is 9.63. The minimum atomic E-state index is -0.283. The van der Waals surface area contributed by atoms with Crippen molar-refractivity contribution in [3.05, 3.63) is 0 Å². The van der Waals surface area contributed by atoms with Gasteiger partial charge >= 0.3 is 0 Å². The van der Waals surface area contributed by atoms with Gasteiger partial charge in [-0.1, -0.05) is 26.7 Å². The quantitative estimate of drug-likeness (QED) is 0.604. The number of terminal acetylenes is 1. The van der Waals surface area contributed by atoms with Crippen molar-refractivity contribution in [3.8, 4) is 12.3 Å². The molecule has 0 fully saturated rings. The van der Waals surface area contributed by atoms with Gasteiger partial charge in [-0.2, -0.15) is 0 Å². The summed E-state index contributed by atoms with van der Waals surface area (Å²) in [6, 6.07) is 0. The minimum absolute atomic E-state index is 0.283. The van der Waals surface area contributed by atoms with Gasteiger partial charge in [0, 0.05) is 6.42 Å². The maximum Gasteiger partial charge on any atom is 0.0677 e. The predicted molar refractivity (Wildman–Crippen MR) is 52.8 cm³/mol. The summed E-state index contributed by atoms with van der Waals surface area (Å²) in [6.07, 6.45) is 9.82. The highest BCUT2D eigenvalue weighted by molar-refractivity contribution is 4.88. The standard InChI is InChI=1S/C11H20O/c1-4-7-10(8-5-2)11(12)9-6-3/h3,10-12H,4-5,7-9H2,1-2H3/t11-/m0/s1. The van der Waals surface area contributed by atoms with E-state index in [0.29, 0.717) is 12.3 Å². The van der Waals surface area contributed by atoms with E-state index in [-0.39, 0.29) is 6.10 Å². The Balaban J connectivity index is 3.82. The second-order valence-electron chi connectivity index (χ2n) is 3.31. The van der Waals surface area contributed by atoms with Crippen molar-refractivity contribution >= 4 is 0 Å². The second kappa shape index (κ2) is 7.18. The fourth-order valence-electron chi connectivity index (χ4n) is 1.56. The Bertz CT molecular complexity index is 128. The molecule has 0 bridgehead atoms. The normalized spacial score (nSPS) is 12.9. The molecule has 1 atom stereocenters. The van der Waals surface area contributed by atoms with Crippen LogP contribution in [-0.2, 0) is 0 Å². The van der Waals surface area contributed by atoms with Crippen molar-refractivity contribution in [1.29, 1.82) is 0 Å². The molecule has 1 heteroatoms. The van der Waals surface area contributed by atoms with Crippen LogP contribution in [0.1, 0.15) is 46.0 Å². The van der Waals surface area contributed by atoms with Gasteiger partial charge in [0.05, 0.1) is 6.10 Å². The zero-order valence-corrected chi connectivity index (χ0v) is 8.21. The first-order valence-electron chi connectivity index (χ1n) is 4.87. The Labute approximate surface area is 76.2 Å². The molecule has 0 saturated heterocycles. The van der Waals surface area contributed by atoms with E-state index in [1.807, 2.05) is 0 Å². The number of hydrogen-bond donors (Lipinski definition) is 1. The Morgan fingerprint density at radius 2 is 1.75 bits per heavy atom. The van der Waals surface area contributed by atoms with E-state index in [1.165, 1.54) is 0 Å². The molecule has 0 aliphatic rings. The summed E-state index contributed by atoms with van der Waals surface area (Å²) in [5.41, 5.74) is 0. The lowest BCUT2D eigenvalue weighted by Crippen LogP contribution is -2.19. The second-order valence-corrected chi connectivity index (χ2v) is 3.31. The van der Waals surface area contributed by atoms with E-state index in [4.69, 9.17) is 6.42 Å². The van der Waals surface area contributed by atoms with Crippen LogP contribution in [0.25, 0.3) is 0 Å². The third-order valence-electron chi connectivity index (χ3n) is 2.19. The third kappa shape index (κ3) is 4.41. The van der Waals surface area contributed by atoms with Crippen LogP contribution in [0.4, 0.5) is 0 Å². The molecular weight excluding hydrogens is 148 g/mol. The van der Waals surface area contributed by atoms with Crippen molar-refractivity contribution in [2.75, 3.05) is 0 Å². The predicted octanol–water partition coefficient (Wildman–Crippen LogP) is 2.59. The smallest absolute Gasteiger partial charge is 0.0677 e. The third-order valence-corrected chi connectivity index (χ3v) is 2.19. The first-order valence-corrected chi connectivity index (χ1v) is 4.87. The van der Waals surface area contributed by atoms with Crippen LogP contribution >= 0.6 is 0 Å². The van der Waals surface area contributed by atoms with Crippen LogP contribution in [0.2, 0.25) is 0 Å². The van der Waals surface area contributed by atoms with Gasteiger partial charge < -0.3 is 5.11 Å². The lowest BCUT2D eigenvalue weighted by Gasteiger charge is -2.19. The van der Waals surface area contributed by atoms with E-state index in [2.05, 4.69) is 19.8 Å². The van der Waals surface area contributed by atoms with E-state index >= 15 is 0 Å². The van der Waals surface area contributed by atoms with Gasteiger partial charge in [0.1, 0.15) is 0 Å². The summed E-state index contributed by atoms with van der Waals surface area (Å²) in [5.74, 6) is 2.93. The van der Waals surface area contributed by atoms with Crippen LogP contribution in [0, 0.1) is 18.3 Å². The molecule has 0 aromatic carbocycles. The molecule has 12 heavy (non-hydrogen) atoms. The van der Waals surface area contributed by atoms with Crippen LogP contribution < -0.4 is 0 Å². The van der Waals surface area contributed by atoms with E-state index < -0.39 is 0 Å². The van der Waals surface area contributed by atoms with Gasteiger partial charge in [0.2, 0.25) is 0 Å². The highest BCUT2D eigenvalue weighted by Gasteiger charge is 2.15. The largest absolute Gasteiger partial charge is 0.392 e. The molecule has 70 valence electrons. The number of aliphatic hydroxyl groups excluding tert-OH is 1. The Morgan fingerprint density at radius 3 is 2.08 bits per heavy atom. The molecule has 0 aliphatic carbocycles. The average molecular weight is 168 g/mol. The average Bonchev–Trinajstić information content (AvgIpc) is 2.04. The fraction of sp³-hybridized carbons (Fsp3) is 0.818. The number of rotatable bonds is 6.